The molecule has 2 heteroatoms. The lowest BCUT2D eigenvalue weighted by Crippen LogP contribution is -2.36. The van der Waals surface area contributed by atoms with Crippen molar-refractivity contribution >= 4 is 5.91 Å². The van der Waals surface area contributed by atoms with Crippen molar-refractivity contribution in [1.82, 2.24) is 5.32 Å². The zero-order chi connectivity index (χ0) is 14.3. The molecule has 0 heterocycles. The molecule has 1 N–H and O–H groups in total. The lowest BCUT2D eigenvalue weighted by Gasteiger charge is -2.20. The van der Waals surface area contributed by atoms with Gasteiger partial charge in [-0.3, -0.25) is 4.79 Å². The summed E-state index contributed by atoms with van der Waals surface area (Å²) in [5.74, 6) is 0.822. The van der Waals surface area contributed by atoms with Gasteiger partial charge < -0.3 is 5.32 Å². The molecule has 0 aliphatic carbocycles. The maximum Gasteiger partial charge on any atom is 0.227 e. The summed E-state index contributed by atoms with van der Waals surface area (Å²) in [7, 11) is 0. The maximum absolute atomic E-state index is 12.3. The van der Waals surface area contributed by atoms with Crippen LogP contribution >= 0.6 is 0 Å². The third-order valence-electron chi connectivity index (χ3n) is 3.49. The highest BCUT2D eigenvalue weighted by Gasteiger charge is 2.19. The van der Waals surface area contributed by atoms with E-state index in [1.165, 1.54) is 0 Å². The van der Waals surface area contributed by atoms with E-state index in [0.29, 0.717) is 5.92 Å². The first kappa shape index (κ1) is 15.7. The van der Waals surface area contributed by atoms with E-state index >= 15 is 0 Å². The lowest BCUT2D eigenvalue weighted by atomic mass is 9.95. The number of benzene rings is 1. The molecule has 2 nitrogen and oxygen atoms in total. The molecule has 0 aromatic heterocycles. The van der Waals surface area contributed by atoms with Gasteiger partial charge >= 0.3 is 0 Å². The van der Waals surface area contributed by atoms with Crippen LogP contribution in [0.4, 0.5) is 0 Å². The SMILES string of the molecule is CCC(C(=O)NC(C)CCC(C)C)c1ccccc1. The first-order chi connectivity index (χ1) is 9.04. The van der Waals surface area contributed by atoms with E-state index in [0.717, 1.165) is 24.8 Å². The molecule has 0 fully saturated rings. The minimum atomic E-state index is -0.0253. The van der Waals surface area contributed by atoms with Crippen molar-refractivity contribution in [2.24, 2.45) is 5.92 Å². The first-order valence-electron chi connectivity index (χ1n) is 7.39. The Kier molecular flexibility index (Phi) is 6.61. The van der Waals surface area contributed by atoms with Gasteiger partial charge in [-0.1, -0.05) is 51.1 Å². The van der Waals surface area contributed by atoms with Crippen LogP contribution in [0.3, 0.4) is 0 Å². The van der Waals surface area contributed by atoms with Crippen LogP contribution in [0, 0.1) is 5.92 Å². The summed E-state index contributed by atoms with van der Waals surface area (Å²) in [6.07, 6.45) is 3.05. The fraction of sp³-hybridized carbons (Fsp3) is 0.588. The maximum atomic E-state index is 12.3. The second-order valence-corrected chi connectivity index (χ2v) is 5.75. The van der Waals surface area contributed by atoms with E-state index in [4.69, 9.17) is 0 Å². The van der Waals surface area contributed by atoms with Gasteiger partial charge in [-0.15, -0.1) is 0 Å². The van der Waals surface area contributed by atoms with E-state index in [1.807, 2.05) is 30.3 Å². The molecular weight excluding hydrogens is 234 g/mol. The molecule has 1 amide bonds. The Morgan fingerprint density at radius 2 is 1.74 bits per heavy atom. The van der Waals surface area contributed by atoms with Crippen molar-refractivity contribution < 1.29 is 4.79 Å². The molecule has 0 saturated carbocycles. The van der Waals surface area contributed by atoms with Gasteiger partial charge in [-0.25, -0.2) is 0 Å². The van der Waals surface area contributed by atoms with Crippen molar-refractivity contribution in [2.75, 3.05) is 0 Å². The molecule has 0 aliphatic rings. The molecule has 0 bridgehead atoms. The largest absolute Gasteiger partial charge is 0.353 e. The fourth-order valence-electron chi connectivity index (χ4n) is 2.26. The summed E-state index contributed by atoms with van der Waals surface area (Å²) >= 11 is 0. The summed E-state index contributed by atoms with van der Waals surface area (Å²) in [5.41, 5.74) is 1.11. The normalized spacial score (nSPS) is 14.2. The molecule has 2 atom stereocenters. The summed E-state index contributed by atoms with van der Waals surface area (Å²) in [6.45, 7) is 8.59. The van der Waals surface area contributed by atoms with Crippen LogP contribution in [0.25, 0.3) is 0 Å². The Morgan fingerprint density at radius 1 is 1.11 bits per heavy atom. The summed E-state index contributed by atoms with van der Waals surface area (Å²) in [6, 6.07) is 10.3. The predicted octanol–water partition coefficient (Wildman–Crippen LogP) is 4.12. The second kappa shape index (κ2) is 7.98. The fourth-order valence-corrected chi connectivity index (χ4v) is 2.26. The van der Waals surface area contributed by atoms with Gasteiger partial charge in [0.15, 0.2) is 0 Å². The van der Waals surface area contributed by atoms with Crippen molar-refractivity contribution in [3.63, 3.8) is 0 Å². The summed E-state index contributed by atoms with van der Waals surface area (Å²) in [5, 5.41) is 3.15. The Bertz CT molecular complexity index is 372. The molecule has 0 saturated heterocycles. The van der Waals surface area contributed by atoms with E-state index in [1.54, 1.807) is 0 Å². The lowest BCUT2D eigenvalue weighted by molar-refractivity contribution is -0.123. The minimum Gasteiger partial charge on any atom is -0.353 e. The molecule has 1 rings (SSSR count). The van der Waals surface area contributed by atoms with Crippen LogP contribution in [-0.2, 0) is 4.79 Å². The average Bonchev–Trinajstić information content (AvgIpc) is 2.38. The Hall–Kier alpha value is -1.31. The molecular formula is C17H27NO. The average molecular weight is 261 g/mol. The molecule has 106 valence electrons. The number of carbonyl (C=O) groups is 1. The molecule has 0 spiro atoms. The minimum absolute atomic E-state index is 0.0253. The van der Waals surface area contributed by atoms with Crippen LogP contribution in [0.2, 0.25) is 0 Å². The molecule has 19 heavy (non-hydrogen) atoms. The third-order valence-corrected chi connectivity index (χ3v) is 3.49. The zero-order valence-corrected chi connectivity index (χ0v) is 12.6. The number of hydrogen-bond donors (Lipinski definition) is 1. The molecule has 1 aromatic carbocycles. The quantitative estimate of drug-likeness (QED) is 0.786. The Balaban J connectivity index is 2.55. The Labute approximate surface area is 117 Å². The number of rotatable bonds is 7. The standard InChI is InChI=1S/C17H27NO/c1-5-16(15-9-7-6-8-10-15)17(19)18-14(4)12-11-13(2)3/h6-10,13-14,16H,5,11-12H2,1-4H3,(H,18,19). The molecule has 0 radical (unpaired) electrons. The zero-order valence-electron chi connectivity index (χ0n) is 12.6. The van der Waals surface area contributed by atoms with E-state index in [9.17, 15) is 4.79 Å². The topological polar surface area (TPSA) is 29.1 Å². The Morgan fingerprint density at radius 3 is 2.26 bits per heavy atom. The molecule has 0 aliphatic heterocycles. The van der Waals surface area contributed by atoms with Gasteiger partial charge in [0.1, 0.15) is 0 Å². The van der Waals surface area contributed by atoms with E-state index in [-0.39, 0.29) is 17.9 Å². The third kappa shape index (κ3) is 5.46. The van der Waals surface area contributed by atoms with Gasteiger partial charge in [0.2, 0.25) is 5.91 Å². The number of hydrogen-bond acceptors (Lipinski definition) is 1. The van der Waals surface area contributed by atoms with Crippen LogP contribution < -0.4 is 5.32 Å². The van der Waals surface area contributed by atoms with Crippen molar-refractivity contribution in [1.29, 1.82) is 0 Å². The van der Waals surface area contributed by atoms with Crippen molar-refractivity contribution in [3.8, 4) is 0 Å². The molecule has 1 aromatic rings. The first-order valence-corrected chi connectivity index (χ1v) is 7.39. The number of nitrogens with one attached hydrogen (secondary N) is 1. The smallest absolute Gasteiger partial charge is 0.227 e. The molecule has 2 unspecified atom stereocenters. The summed E-state index contributed by atoms with van der Waals surface area (Å²) in [4.78, 5) is 12.3. The van der Waals surface area contributed by atoms with E-state index in [2.05, 4.69) is 33.0 Å². The predicted molar refractivity (Wildman–Crippen MR) is 81.2 cm³/mol. The van der Waals surface area contributed by atoms with Crippen molar-refractivity contribution in [2.45, 2.75) is 58.9 Å². The van der Waals surface area contributed by atoms with Gasteiger partial charge in [0.25, 0.3) is 0 Å². The summed E-state index contributed by atoms with van der Waals surface area (Å²) < 4.78 is 0. The van der Waals surface area contributed by atoms with Crippen LogP contribution in [0.15, 0.2) is 30.3 Å². The van der Waals surface area contributed by atoms with Crippen molar-refractivity contribution in [3.05, 3.63) is 35.9 Å². The highest BCUT2D eigenvalue weighted by Crippen LogP contribution is 2.19. The van der Waals surface area contributed by atoms with Crippen LogP contribution in [0.5, 0.6) is 0 Å². The van der Waals surface area contributed by atoms with Gasteiger partial charge in [0.05, 0.1) is 5.92 Å². The van der Waals surface area contributed by atoms with Gasteiger partial charge in [-0.05, 0) is 37.7 Å². The van der Waals surface area contributed by atoms with Crippen LogP contribution in [0.1, 0.15) is 58.4 Å². The van der Waals surface area contributed by atoms with Gasteiger partial charge in [0, 0.05) is 6.04 Å². The van der Waals surface area contributed by atoms with E-state index < -0.39 is 0 Å². The highest BCUT2D eigenvalue weighted by atomic mass is 16.1. The van der Waals surface area contributed by atoms with Gasteiger partial charge in [-0.2, -0.15) is 0 Å². The second-order valence-electron chi connectivity index (χ2n) is 5.75. The monoisotopic (exact) mass is 261 g/mol. The highest BCUT2D eigenvalue weighted by molar-refractivity contribution is 5.83. The number of carbonyl (C=O) groups excluding carboxylic acids is 1. The van der Waals surface area contributed by atoms with Crippen LogP contribution in [-0.4, -0.2) is 11.9 Å². The number of amides is 1.